The fraction of sp³-hybridized carbons (Fsp3) is 0.167. The average molecular weight is 110 g/mol. The van der Waals surface area contributed by atoms with Crippen molar-refractivity contribution in [2.75, 3.05) is 0 Å². The van der Waals surface area contributed by atoms with E-state index in [1.165, 1.54) is 6.20 Å². The molecule has 1 aromatic heterocycles. The van der Waals surface area contributed by atoms with Gasteiger partial charge >= 0.3 is 0 Å². The molecular formula is C6H8NO+. The van der Waals surface area contributed by atoms with Gasteiger partial charge in [-0.2, -0.15) is 0 Å². The predicted octanol–water partition coefficient (Wildman–Crippen LogP) is 0.828. The van der Waals surface area contributed by atoms with E-state index < -0.39 is 0 Å². The Hall–Kier alpha value is -1.05. The maximum Gasteiger partial charge on any atom is 0.272 e. The molecule has 0 aliphatic rings. The van der Waals surface area contributed by atoms with Crippen LogP contribution in [0.25, 0.3) is 0 Å². The molecule has 1 aromatic rings. The Morgan fingerprint density at radius 1 is 1.50 bits per heavy atom. The van der Waals surface area contributed by atoms with Crippen LogP contribution < -0.4 is 0 Å². The van der Waals surface area contributed by atoms with E-state index >= 15 is 0 Å². The molecule has 0 saturated heterocycles. The van der Waals surface area contributed by atoms with Crippen molar-refractivity contribution in [3.05, 3.63) is 24.0 Å². The monoisotopic (exact) mass is 110 g/mol. The highest BCUT2D eigenvalue weighted by Gasteiger charge is 1.88. The zero-order valence-corrected chi connectivity index (χ0v) is 4.68. The van der Waals surface area contributed by atoms with Crippen molar-refractivity contribution in [2.24, 2.45) is 0 Å². The van der Waals surface area contributed by atoms with Crippen molar-refractivity contribution in [1.29, 1.82) is 0 Å². The molecule has 0 saturated carbocycles. The van der Waals surface area contributed by atoms with Crippen LogP contribution in [0.3, 0.4) is 0 Å². The molecular weight excluding hydrogens is 102 g/mol. The first-order chi connectivity index (χ1) is 3.79. The third-order valence-corrected chi connectivity index (χ3v) is 0.911. The predicted molar refractivity (Wildman–Crippen MR) is 32.0 cm³/mol. The lowest BCUT2D eigenvalue weighted by Gasteiger charge is -1.85. The van der Waals surface area contributed by atoms with Crippen LogP contribution in [-0.4, -0.2) is 10.1 Å². The maximum absolute atomic E-state index is 7.03. The lowest BCUT2D eigenvalue weighted by molar-refractivity contribution is 0.472. The summed E-state index contributed by atoms with van der Waals surface area (Å²) >= 11 is 0. The number of rotatable bonds is 0. The van der Waals surface area contributed by atoms with Crippen LogP contribution in [0.2, 0.25) is 0 Å². The molecule has 2 nitrogen and oxygen atoms in total. The molecule has 0 amide bonds. The first kappa shape index (κ1) is 5.09. The molecule has 42 valence electrons. The lowest BCUT2D eigenvalue weighted by atomic mass is 10.4. The minimum atomic E-state index is 0.468. The maximum atomic E-state index is 7.03. The summed E-state index contributed by atoms with van der Waals surface area (Å²) in [6, 6.07) is 3.55. The SMILES string of the molecule is Cc1ccc([OH2+])cn1. The molecule has 1 heterocycles. The molecule has 0 atom stereocenters. The van der Waals surface area contributed by atoms with Crippen LogP contribution in [0.15, 0.2) is 18.3 Å². The van der Waals surface area contributed by atoms with Crippen LogP contribution in [0.1, 0.15) is 5.69 Å². The largest absolute Gasteiger partial charge is 0.592 e. The van der Waals surface area contributed by atoms with Gasteiger partial charge < -0.3 is 5.11 Å². The van der Waals surface area contributed by atoms with E-state index in [0.717, 1.165) is 5.69 Å². The van der Waals surface area contributed by atoms with Crippen molar-refractivity contribution >= 4 is 0 Å². The first-order valence-corrected chi connectivity index (χ1v) is 2.43. The fourth-order valence-corrected chi connectivity index (χ4v) is 0.468. The van der Waals surface area contributed by atoms with Gasteiger partial charge in [-0.3, -0.25) is 4.98 Å². The summed E-state index contributed by atoms with van der Waals surface area (Å²) in [7, 11) is 0. The summed E-state index contributed by atoms with van der Waals surface area (Å²) in [5, 5.41) is 7.03. The highest BCUT2D eigenvalue weighted by molar-refractivity contribution is 5.16. The van der Waals surface area contributed by atoms with Crippen LogP contribution >= 0.6 is 0 Å². The van der Waals surface area contributed by atoms with E-state index in [0.29, 0.717) is 5.75 Å². The number of pyridine rings is 1. The zero-order chi connectivity index (χ0) is 5.98. The van der Waals surface area contributed by atoms with E-state index in [2.05, 4.69) is 4.98 Å². The third kappa shape index (κ3) is 0.964. The van der Waals surface area contributed by atoms with Gasteiger partial charge in [-0.15, -0.1) is 0 Å². The lowest BCUT2D eigenvalue weighted by Crippen LogP contribution is -1.75. The van der Waals surface area contributed by atoms with Crippen molar-refractivity contribution in [2.45, 2.75) is 6.92 Å². The van der Waals surface area contributed by atoms with Gasteiger partial charge in [0, 0.05) is 11.8 Å². The van der Waals surface area contributed by atoms with E-state index in [1.807, 2.05) is 13.0 Å². The normalized spacial score (nSPS) is 9.12. The van der Waals surface area contributed by atoms with Gasteiger partial charge in [0.2, 0.25) is 0 Å². The summed E-state index contributed by atoms with van der Waals surface area (Å²) in [6.45, 7) is 1.90. The smallest absolute Gasteiger partial charge is 0.272 e. The fourth-order valence-electron chi connectivity index (χ4n) is 0.468. The van der Waals surface area contributed by atoms with Crippen LogP contribution in [0.4, 0.5) is 0 Å². The number of aromatic nitrogens is 1. The van der Waals surface area contributed by atoms with Crippen molar-refractivity contribution in [3.8, 4) is 5.75 Å². The summed E-state index contributed by atoms with van der Waals surface area (Å²) in [5.74, 6) is 0.468. The number of nitrogens with zero attached hydrogens (tertiary/aromatic N) is 1. The molecule has 2 heteroatoms. The second kappa shape index (κ2) is 1.82. The number of aryl methyl sites for hydroxylation is 1. The van der Waals surface area contributed by atoms with Gasteiger partial charge in [0.05, 0.1) is 0 Å². The molecule has 0 aliphatic carbocycles. The molecule has 0 aliphatic heterocycles. The minimum Gasteiger partial charge on any atom is -0.592 e. The number of hydrogen-bond donors (Lipinski definition) is 0. The van der Waals surface area contributed by atoms with E-state index in [4.69, 9.17) is 5.11 Å². The summed E-state index contributed by atoms with van der Waals surface area (Å²) in [4.78, 5) is 3.89. The van der Waals surface area contributed by atoms with Crippen molar-refractivity contribution < 1.29 is 5.11 Å². The van der Waals surface area contributed by atoms with Crippen LogP contribution in [0, 0.1) is 6.92 Å². The Kier molecular flexibility index (Phi) is 1.16. The van der Waals surface area contributed by atoms with E-state index in [9.17, 15) is 0 Å². The van der Waals surface area contributed by atoms with Gasteiger partial charge in [-0.1, -0.05) is 0 Å². The average Bonchev–Trinajstić information content (AvgIpc) is 1.77. The Morgan fingerprint density at radius 2 is 2.25 bits per heavy atom. The van der Waals surface area contributed by atoms with Crippen molar-refractivity contribution in [1.82, 2.24) is 4.98 Å². The van der Waals surface area contributed by atoms with E-state index in [1.54, 1.807) is 6.07 Å². The van der Waals surface area contributed by atoms with Gasteiger partial charge in [0.25, 0.3) is 5.75 Å². The van der Waals surface area contributed by atoms with Gasteiger partial charge in [-0.05, 0) is 13.0 Å². The Labute approximate surface area is 47.8 Å². The Morgan fingerprint density at radius 3 is 2.62 bits per heavy atom. The minimum absolute atomic E-state index is 0.468. The van der Waals surface area contributed by atoms with Gasteiger partial charge in [0.15, 0.2) is 0 Å². The molecule has 0 bridgehead atoms. The second-order valence-electron chi connectivity index (χ2n) is 1.69. The first-order valence-electron chi connectivity index (χ1n) is 2.43. The summed E-state index contributed by atoms with van der Waals surface area (Å²) in [5.41, 5.74) is 0.959. The second-order valence-corrected chi connectivity index (χ2v) is 1.69. The van der Waals surface area contributed by atoms with Gasteiger partial charge in [0.1, 0.15) is 6.20 Å². The molecule has 0 fully saturated rings. The standard InChI is InChI=1S/C6H7NO/c1-5-2-3-6(8)4-7-5/h2-4,8H,1H3/p+1. The molecule has 8 heavy (non-hydrogen) atoms. The highest BCUT2D eigenvalue weighted by atomic mass is 16.3. The summed E-state index contributed by atoms with van der Waals surface area (Å²) < 4.78 is 0. The number of hydrogen-bond acceptors (Lipinski definition) is 1. The molecule has 0 unspecified atom stereocenters. The quantitative estimate of drug-likeness (QED) is 0.455. The molecule has 1 rings (SSSR count). The Balaban J connectivity index is 3.03. The molecule has 0 radical (unpaired) electrons. The van der Waals surface area contributed by atoms with E-state index in [-0.39, 0.29) is 0 Å². The molecule has 0 spiro atoms. The van der Waals surface area contributed by atoms with Crippen LogP contribution in [0.5, 0.6) is 5.75 Å². The zero-order valence-electron chi connectivity index (χ0n) is 4.68. The van der Waals surface area contributed by atoms with Crippen LogP contribution in [-0.2, 0) is 0 Å². The topological polar surface area (TPSA) is 35.8 Å². The molecule has 2 N–H and O–H groups in total. The molecule has 0 aromatic carbocycles. The Bertz CT molecular complexity index is 147. The van der Waals surface area contributed by atoms with Crippen molar-refractivity contribution in [3.63, 3.8) is 0 Å². The summed E-state index contributed by atoms with van der Waals surface area (Å²) in [6.07, 6.45) is 1.54. The highest BCUT2D eigenvalue weighted by Crippen LogP contribution is 2.03. The van der Waals surface area contributed by atoms with Gasteiger partial charge in [-0.25, -0.2) is 0 Å². The third-order valence-electron chi connectivity index (χ3n) is 0.911.